The number of aromatic nitrogens is 2. The molecule has 2 aromatic heterocycles. The normalized spacial score (nSPS) is 11.0. The minimum absolute atomic E-state index is 0.0858. The van der Waals surface area contributed by atoms with Crippen LogP contribution >= 0.6 is 11.3 Å². The van der Waals surface area contributed by atoms with E-state index in [1.807, 2.05) is 37.4 Å². The van der Waals surface area contributed by atoms with Crippen LogP contribution in [0.15, 0.2) is 28.1 Å². The molecule has 0 unspecified atom stereocenters. The molecule has 0 spiro atoms. The fourth-order valence-corrected chi connectivity index (χ4v) is 2.74. The predicted octanol–water partition coefficient (Wildman–Crippen LogP) is 2.76. The summed E-state index contributed by atoms with van der Waals surface area (Å²) in [6.07, 6.45) is 0.208. The molecule has 3 aromatic rings. The summed E-state index contributed by atoms with van der Waals surface area (Å²) in [6.45, 7) is 4.39. The second-order valence-electron chi connectivity index (χ2n) is 4.94. The van der Waals surface area contributed by atoms with Gasteiger partial charge in [0.2, 0.25) is 5.91 Å². The van der Waals surface area contributed by atoms with Crippen molar-refractivity contribution in [3.05, 3.63) is 45.5 Å². The first-order valence-electron chi connectivity index (χ1n) is 6.64. The van der Waals surface area contributed by atoms with Gasteiger partial charge in [-0.1, -0.05) is 16.8 Å². The number of nitrogens with one attached hydrogen (secondary N) is 1. The number of amides is 1. The molecule has 2 heterocycles. The van der Waals surface area contributed by atoms with Gasteiger partial charge in [-0.05, 0) is 26.0 Å². The molecule has 0 fully saturated rings. The predicted molar refractivity (Wildman–Crippen MR) is 81.1 cm³/mol. The van der Waals surface area contributed by atoms with E-state index in [0.29, 0.717) is 17.8 Å². The zero-order valence-corrected chi connectivity index (χ0v) is 12.7. The van der Waals surface area contributed by atoms with Crippen LogP contribution in [0.3, 0.4) is 0 Å². The van der Waals surface area contributed by atoms with Gasteiger partial charge in [0.15, 0.2) is 5.58 Å². The molecule has 0 bridgehead atoms. The molecule has 0 aliphatic heterocycles. The molecular formula is C15H15N3O2S. The van der Waals surface area contributed by atoms with Crippen LogP contribution in [-0.2, 0) is 17.8 Å². The van der Waals surface area contributed by atoms with E-state index in [4.69, 9.17) is 4.52 Å². The molecule has 0 saturated carbocycles. The minimum atomic E-state index is -0.0858. The summed E-state index contributed by atoms with van der Waals surface area (Å²) < 4.78 is 5.23. The van der Waals surface area contributed by atoms with Crippen molar-refractivity contribution in [2.24, 2.45) is 0 Å². The van der Waals surface area contributed by atoms with Gasteiger partial charge >= 0.3 is 0 Å². The van der Waals surface area contributed by atoms with Crippen molar-refractivity contribution in [2.45, 2.75) is 26.8 Å². The maximum Gasteiger partial charge on any atom is 0.226 e. The molecule has 1 amide bonds. The van der Waals surface area contributed by atoms with Crippen LogP contribution in [-0.4, -0.2) is 16.0 Å². The van der Waals surface area contributed by atoms with Gasteiger partial charge < -0.3 is 9.84 Å². The number of carbonyl (C=O) groups is 1. The highest BCUT2D eigenvalue weighted by Crippen LogP contribution is 2.20. The molecule has 0 saturated heterocycles. The first-order valence-corrected chi connectivity index (χ1v) is 7.52. The Balaban J connectivity index is 1.67. The Hall–Kier alpha value is -2.21. The highest BCUT2D eigenvalue weighted by atomic mass is 32.1. The lowest BCUT2D eigenvalue weighted by Crippen LogP contribution is -2.24. The van der Waals surface area contributed by atoms with Crippen LogP contribution in [0.4, 0.5) is 0 Å². The van der Waals surface area contributed by atoms with Gasteiger partial charge in [0.05, 0.1) is 23.7 Å². The van der Waals surface area contributed by atoms with Gasteiger partial charge in [-0.3, -0.25) is 4.79 Å². The third kappa shape index (κ3) is 3.11. The monoisotopic (exact) mass is 301 g/mol. The van der Waals surface area contributed by atoms with Crippen molar-refractivity contribution in [1.29, 1.82) is 0 Å². The van der Waals surface area contributed by atoms with E-state index in [-0.39, 0.29) is 12.3 Å². The number of nitrogens with zero attached hydrogens (tertiary/aromatic N) is 2. The summed E-state index contributed by atoms with van der Waals surface area (Å²) >= 11 is 1.58. The summed E-state index contributed by atoms with van der Waals surface area (Å²) in [5.74, 6) is -0.0858. The van der Waals surface area contributed by atoms with Crippen molar-refractivity contribution in [2.75, 3.05) is 0 Å². The number of hydrogen-bond donors (Lipinski definition) is 1. The standard InChI is InChI=1S/C15H15N3O2S/c1-9-3-4-14-12(5-9)13(18-20-14)6-15(19)16-7-11-8-21-10(2)17-11/h3-5,8H,6-7H2,1-2H3,(H,16,19). The molecule has 0 radical (unpaired) electrons. The lowest BCUT2D eigenvalue weighted by atomic mass is 10.1. The number of hydrogen-bond acceptors (Lipinski definition) is 5. The highest BCUT2D eigenvalue weighted by molar-refractivity contribution is 7.09. The molecule has 6 heteroatoms. The summed E-state index contributed by atoms with van der Waals surface area (Å²) in [4.78, 5) is 16.3. The number of fused-ring (bicyclic) bond motifs is 1. The number of thiazole rings is 1. The quantitative estimate of drug-likeness (QED) is 0.804. The zero-order valence-electron chi connectivity index (χ0n) is 11.8. The Labute approximate surface area is 126 Å². The average Bonchev–Trinajstić information content (AvgIpc) is 3.04. The summed E-state index contributed by atoms with van der Waals surface area (Å²) in [6, 6.07) is 5.82. The molecule has 0 aliphatic rings. The van der Waals surface area contributed by atoms with Gasteiger partial charge in [0.25, 0.3) is 0 Å². The first-order chi connectivity index (χ1) is 10.1. The Morgan fingerprint density at radius 3 is 3.00 bits per heavy atom. The van der Waals surface area contributed by atoms with E-state index in [1.54, 1.807) is 11.3 Å². The Morgan fingerprint density at radius 2 is 2.24 bits per heavy atom. The lowest BCUT2D eigenvalue weighted by molar-refractivity contribution is -0.120. The van der Waals surface area contributed by atoms with E-state index in [9.17, 15) is 4.79 Å². The van der Waals surface area contributed by atoms with Crippen molar-refractivity contribution in [1.82, 2.24) is 15.5 Å². The topological polar surface area (TPSA) is 68.0 Å². The van der Waals surface area contributed by atoms with Crippen LogP contribution in [0.25, 0.3) is 11.0 Å². The van der Waals surface area contributed by atoms with Gasteiger partial charge in [-0.15, -0.1) is 11.3 Å². The molecule has 108 valence electrons. The van der Waals surface area contributed by atoms with E-state index in [2.05, 4.69) is 15.5 Å². The van der Waals surface area contributed by atoms with Crippen LogP contribution < -0.4 is 5.32 Å². The van der Waals surface area contributed by atoms with Crippen LogP contribution in [0.1, 0.15) is 22.0 Å². The number of carbonyl (C=O) groups excluding carboxylic acids is 1. The van der Waals surface area contributed by atoms with Gasteiger partial charge in [0.1, 0.15) is 5.69 Å². The van der Waals surface area contributed by atoms with Gasteiger partial charge in [-0.25, -0.2) is 4.98 Å². The van der Waals surface area contributed by atoms with Crippen LogP contribution in [0.5, 0.6) is 0 Å². The van der Waals surface area contributed by atoms with E-state index in [1.165, 1.54) is 0 Å². The number of rotatable bonds is 4. The zero-order chi connectivity index (χ0) is 14.8. The Bertz CT molecular complexity index is 791. The maximum atomic E-state index is 12.0. The van der Waals surface area contributed by atoms with Crippen LogP contribution in [0, 0.1) is 13.8 Å². The Kier molecular flexibility index (Phi) is 3.70. The van der Waals surface area contributed by atoms with Crippen molar-refractivity contribution >= 4 is 28.2 Å². The van der Waals surface area contributed by atoms with Crippen molar-refractivity contribution in [3.8, 4) is 0 Å². The molecule has 1 aromatic carbocycles. The summed E-state index contributed by atoms with van der Waals surface area (Å²) in [5.41, 5.74) is 3.37. The van der Waals surface area contributed by atoms with Crippen molar-refractivity contribution < 1.29 is 9.32 Å². The Morgan fingerprint density at radius 1 is 1.38 bits per heavy atom. The smallest absolute Gasteiger partial charge is 0.226 e. The SMILES string of the molecule is Cc1ccc2onc(CC(=O)NCc3csc(C)n3)c2c1. The molecule has 1 N–H and O–H groups in total. The highest BCUT2D eigenvalue weighted by Gasteiger charge is 2.12. The summed E-state index contributed by atoms with van der Waals surface area (Å²) in [7, 11) is 0. The third-order valence-corrected chi connectivity index (χ3v) is 3.98. The van der Waals surface area contributed by atoms with E-state index in [0.717, 1.165) is 21.7 Å². The molecule has 0 atom stereocenters. The van der Waals surface area contributed by atoms with E-state index >= 15 is 0 Å². The molecule has 0 aliphatic carbocycles. The van der Waals surface area contributed by atoms with Crippen LogP contribution in [0.2, 0.25) is 0 Å². The molecular weight excluding hydrogens is 286 g/mol. The number of aryl methyl sites for hydroxylation is 2. The molecule has 3 rings (SSSR count). The fourth-order valence-electron chi connectivity index (χ4n) is 2.12. The third-order valence-electron chi connectivity index (χ3n) is 3.16. The second-order valence-corrected chi connectivity index (χ2v) is 6.00. The fraction of sp³-hybridized carbons (Fsp3) is 0.267. The van der Waals surface area contributed by atoms with E-state index < -0.39 is 0 Å². The largest absolute Gasteiger partial charge is 0.356 e. The van der Waals surface area contributed by atoms with Gasteiger partial charge in [0, 0.05) is 10.8 Å². The second kappa shape index (κ2) is 5.65. The van der Waals surface area contributed by atoms with Gasteiger partial charge in [-0.2, -0.15) is 0 Å². The van der Waals surface area contributed by atoms with Crippen molar-refractivity contribution in [3.63, 3.8) is 0 Å². The average molecular weight is 301 g/mol. The lowest BCUT2D eigenvalue weighted by Gasteiger charge is -2.01. The minimum Gasteiger partial charge on any atom is -0.356 e. The first kappa shape index (κ1) is 13.8. The maximum absolute atomic E-state index is 12.0. The number of benzene rings is 1. The molecule has 5 nitrogen and oxygen atoms in total. The molecule has 21 heavy (non-hydrogen) atoms. The summed E-state index contributed by atoms with van der Waals surface area (Å²) in [5, 5.41) is 10.7.